The fraction of sp³-hybridized carbons (Fsp3) is 0.316. The molecule has 0 bridgehead atoms. The van der Waals surface area contributed by atoms with Gasteiger partial charge in [0, 0.05) is 12.0 Å². The van der Waals surface area contributed by atoms with E-state index in [0.29, 0.717) is 12.0 Å². The molecule has 1 aliphatic rings. The molecule has 120 valence electrons. The molecule has 1 heterocycles. The first-order chi connectivity index (χ1) is 11.0. The molecular weight excluding hydrogens is 295 g/mol. The van der Waals surface area contributed by atoms with Crippen LogP contribution in [0.3, 0.4) is 0 Å². The van der Waals surface area contributed by atoms with Gasteiger partial charge in [0.25, 0.3) is 0 Å². The lowest BCUT2D eigenvalue weighted by molar-refractivity contribution is 0.0244. The van der Waals surface area contributed by atoms with Gasteiger partial charge < -0.3 is 9.84 Å². The Morgan fingerprint density at radius 1 is 1.26 bits per heavy atom. The van der Waals surface area contributed by atoms with Crippen molar-refractivity contribution in [2.24, 2.45) is 0 Å². The quantitative estimate of drug-likeness (QED) is 0.874. The minimum absolute atomic E-state index is 0.0511. The summed E-state index contributed by atoms with van der Waals surface area (Å²) in [6, 6.07) is 11.2. The summed E-state index contributed by atoms with van der Waals surface area (Å²) < 4.78 is 19.9. The van der Waals surface area contributed by atoms with Crippen LogP contribution >= 0.6 is 0 Å². The van der Waals surface area contributed by atoms with Gasteiger partial charge in [-0.3, -0.25) is 0 Å². The van der Waals surface area contributed by atoms with Crippen LogP contribution in [0, 0.1) is 5.82 Å². The molecule has 2 aromatic rings. The van der Waals surface area contributed by atoms with Crippen molar-refractivity contribution in [3.05, 3.63) is 70.0 Å². The van der Waals surface area contributed by atoms with Gasteiger partial charge in [0.2, 0.25) is 0 Å². The average Bonchev–Trinajstić information content (AvgIpc) is 2.54. The van der Waals surface area contributed by atoms with Crippen molar-refractivity contribution in [2.45, 2.75) is 38.9 Å². The van der Waals surface area contributed by atoms with E-state index in [-0.39, 0.29) is 11.1 Å². The Morgan fingerprint density at radius 3 is 2.57 bits per heavy atom. The number of esters is 1. The maximum atomic E-state index is 14.4. The van der Waals surface area contributed by atoms with Crippen molar-refractivity contribution in [1.29, 1.82) is 0 Å². The molecule has 3 rings (SSSR count). The second kappa shape index (κ2) is 6.13. The van der Waals surface area contributed by atoms with Gasteiger partial charge in [-0.05, 0) is 30.0 Å². The number of cyclic esters (lactones) is 1. The monoisotopic (exact) mass is 314 g/mol. The highest BCUT2D eigenvalue weighted by Crippen LogP contribution is 2.34. The molecule has 0 amide bonds. The second-order valence-electron chi connectivity index (χ2n) is 5.87. The number of benzene rings is 2. The van der Waals surface area contributed by atoms with E-state index in [4.69, 9.17) is 4.74 Å². The van der Waals surface area contributed by atoms with Crippen LogP contribution in [0.15, 0.2) is 36.4 Å². The Labute approximate surface area is 134 Å². The maximum absolute atomic E-state index is 14.4. The number of hydrogen-bond acceptors (Lipinski definition) is 3. The van der Waals surface area contributed by atoms with E-state index in [1.54, 1.807) is 6.07 Å². The van der Waals surface area contributed by atoms with Crippen molar-refractivity contribution in [2.75, 3.05) is 0 Å². The first-order valence-corrected chi connectivity index (χ1v) is 7.80. The third kappa shape index (κ3) is 2.86. The number of hydrogen-bond donors (Lipinski definition) is 1. The lowest BCUT2D eigenvalue weighted by atomic mass is 9.91. The fourth-order valence-corrected chi connectivity index (χ4v) is 2.93. The van der Waals surface area contributed by atoms with Gasteiger partial charge in [-0.15, -0.1) is 0 Å². The molecule has 0 aromatic heterocycles. The van der Waals surface area contributed by atoms with E-state index in [2.05, 4.69) is 6.92 Å². The zero-order chi connectivity index (χ0) is 16.6. The van der Waals surface area contributed by atoms with Crippen LogP contribution in [0.2, 0.25) is 0 Å². The largest absolute Gasteiger partial charge is 0.453 e. The van der Waals surface area contributed by atoms with E-state index < -0.39 is 24.0 Å². The molecule has 2 aromatic carbocycles. The smallest absolute Gasteiger partial charge is 0.342 e. The standard InChI is InChI=1S/C19H19FO3/c1-3-12-4-6-13(7-5-12)16-10-14-8-9-15(11(2)21)18(20)17(14)19(22)23-16/h4-9,11,16,21H,3,10H2,1-2H3. The third-order valence-corrected chi connectivity index (χ3v) is 4.33. The summed E-state index contributed by atoms with van der Waals surface area (Å²) in [4.78, 5) is 12.2. The summed E-state index contributed by atoms with van der Waals surface area (Å²) >= 11 is 0. The Hall–Kier alpha value is -2.20. The van der Waals surface area contributed by atoms with Crippen LogP contribution < -0.4 is 0 Å². The zero-order valence-electron chi connectivity index (χ0n) is 13.2. The van der Waals surface area contributed by atoms with Crippen molar-refractivity contribution < 1.29 is 19.0 Å². The number of aliphatic hydroxyl groups excluding tert-OH is 1. The number of fused-ring (bicyclic) bond motifs is 1. The average molecular weight is 314 g/mol. The molecule has 0 aliphatic carbocycles. The number of carbonyl (C=O) groups is 1. The van der Waals surface area contributed by atoms with E-state index in [1.807, 2.05) is 24.3 Å². The number of carbonyl (C=O) groups excluding carboxylic acids is 1. The van der Waals surface area contributed by atoms with E-state index in [9.17, 15) is 14.3 Å². The summed E-state index contributed by atoms with van der Waals surface area (Å²) in [5.74, 6) is -1.35. The molecule has 0 spiro atoms. The first kappa shape index (κ1) is 15.7. The number of halogens is 1. The highest BCUT2D eigenvalue weighted by molar-refractivity contribution is 5.93. The number of rotatable bonds is 3. The van der Waals surface area contributed by atoms with Crippen LogP contribution in [-0.2, 0) is 17.6 Å². The van der Waals surface area contributed by atoms with Gasteiger partial charge in [-0.25, -0.2) is 9.18 Å². The summed E-state index contributed by atoms with van der Waals surface area (Å²) in [5.41, 5.74) is 2.80. The van der Waals surface area contributed by atoms with E-state index in [1.165, 1.54) is 18.6 Å². The van der Waals surface area contributed by atoms with Crippen molar-refractivity contribution >= 4 is 5.97 Å². The van der Waals surface area contributed by atoms with Crippen LogP contribution in [0.5, 0.6) is 0 Å². The predicted octanol–water partition coefficient (Wildman–Crippen LogP) is 3.90. The molecule has 2 unspecified atom stereocenters. The van der Waals surface area contributed by atoms with E-state index in [0.717, 1.165) is 12.0 Å². The van der Waals surface area contributed by atoms with Gasteiger partial charge in [0.1, 0.15) is 11.9 Å². The molecule has 0 radical (unpaired) electrons. The Balaban J connectivity index is 1.94. The zero-order valence-corrected chi connectivity index (χ0v) is 13.2. The summed E-state index contributed by atoms with van der Waals surface area (Å²) in [6.45, 7) is 3.55. The van der Waals surface area contributed by atoms with Gasteiger partial charge in [-0.1, -0.05) is 43.3 Å². The molecule has 4 heteroatoms. The minimum atomic E-state index is -0.965. The van der Waals surface area contributed by atoms with Crippen LogP contribution in [0.1, 0.15) is 58.7 Å². The molecule has 3 nitrogen and oxygen atoms in total. The van der Waals surface area contributed by atoms with Gasteiger partial charge in [0.15, 0.2) is 0 Å². The molecular formula is C19H19FO3. The molecule has 0 saturated heterocycles. The first-order valence-electron chi connectivity index (χ1n) is 7.80. The lowest BCUT2D eigenvalue weighted by Crippen LogP contribution is -2.24. The number of aryl methyl sites for hydroxylation is 1. The van der Waals surface area contributed by atoms with Crippen LogP contribution in [0.25, 0.3) is 0 Å². The number of ether oxygens (including phenoxy) is 1. The minimum Gasteiger partial charge on any atom is -0.453 e. The summed E-state index contributed by atoms with van der Waals surface area (Å²) in [7, 11) is 0. The Kier molecular flexibility index (Phi) is 4.18. The van der Waals surface area contributed by atoms with Crippen molar-refractivity contribution in [3.63, 3.8) is 0 Å². The highest BCUT2D eigenvalue weighted by atomic mass is 19.1. The lowest BCUT2D eigenvalue weighted by Gasteiger charge is -2.26. The Bertz CT molecular complexity index is 735. The normalized spacial score (nSPS) is 18.3. The topological polar surface area (TPSA) is 46.5 Å². The molecule has 23 heavy (non-hydrogen) atoms. The van der Waals surface area contributed by atoms with Crippen LogP contribution in [0.4, 0.5) is 4.39 Å². The molecule has 1 aliphatic heterocycles. The maximum Gasteiger partial charge on any atom is 0.342 e. The van der Waals surface area contributed by atoms with Crippen molar-refractivity contribution in [3.8, 4) is 0 Å². The van der Waals surface area contributed by atoms with Gasteiger partial charge >= 0.3 is 5.97 Å². The van der Waals surface area contributed by atoms with Crippen LogP contribution in [-0.4, -0.2) is 11.1 Å². The number of aliphatic hydroxyl groups is 1. The summed E-state index contributed by atoms with van der Waals surface area (Å²) in [5, 5.41) is 9.58. The third-order valence-electron chi connectivity index (χ3n) is 4.33. The fourth-order valence-electron chi connectivity index (χ4n) is 2.93. The molecule has 0 saturated carbocycles. The highest BCUT2D eigenvalue weighted by Gasteiger charge is 2.31. The molecule has 0 fully saturated rings. The Morgan fingerprint density at radius 2 is 1.96 bits per heavy atom. The molecule has 2 atom stereocenters. The van der Waals surface area contributed by atoms with Gasteiger partial charge in [0.05, 0.1) is 11.7 Å². The SMILES string of the molecule is CCc1ccc(C2Cc3ccc(C(C)O)c(F)c3C(=O)O2)cc1. The van der Waals surface area contributed by atoms with Crippen molar-refractivity contribution in [1.82, 2.24) is 0 Å². The predicted molar refractivity (Wildman–Crippen MR) is 84.7 cm³/mol. The molecule has 1 N–H and O–H groups in total. The summed E-state index contributed by atoms with van der Waals surface area (Å²) in [6.07, 6.45) is 0.00916. The van der Waals surface area contributed by atoms with E-state index >= 15 is 0 Å². The second-order valence-corrected chi connectivity index (χ2v) is 5.87. The van der Waals surface area contributed by atoms with Gasteiger partial charge in [-0.2, -0.15) is 0 Å².